The molecule has 0 aliphatic heterocycles. The Labute approximate surface area is 103 Å². The zero-order valence-corrected chi connectivity index (χ0v) is 9.85. The lowest BCUT2D eigenvalue weighted by Crippen LogP contribution is -1.86. The van der Waals surface area contributed by atoms with Crippen molar-refractivity contribution in [3.63, 3.8) is 0 Å². The first kappa shape index (κ1) is 11.2. The average molecular weight is 218 g/mol. The Morgan fingerprint density at radius 1 is 0.824 bits per heavy atom. The molecule has 17 heavy (non-hydrogen) atoms. The van der Waals surface area contributed by atoms with Crippen LogP contribution in [-0.4, -0.2) is 0 Å². The first-order valence-corrected chi connectivity index (χ1v) is 5.65. The van der Waals surface area contributed by atoms with Crippen molar-refractivity contribution in [2.24, 2.45) is 0 Å². The van der Waals surface area contributed by atoms with E-state index in [1.54, 1.807) is 0 Å². The molecule has 2 aromatic carbocycles. The van der Waals surface area contributed by atoms with E-state index in [1.165, 1.54) is 16.7 Å². The van der Waals surface area contributed by atoms with Crippen molar-refractivity contribution in [1.29, 1.82) is 0 Å². The summed E-state index contributed by atoms with van der Waals surface area (Å²) in [6, 6.07) is 20.7. The molecule has 0 fully saturated rings. The van der Waals surface area contributed by atoms with Crippen LogP contribution in [0.5, 0.6) is 0 Å². The van der Waals surface area contributed by atoms with Gasteiger partial charge in [-0.1, -0.05) is 66.6 Å². The predicted molar refractivity (Wildman–Crippen MR) is 73.4 cm³/mol. The van der Waals surface area contributed by atoms with Crippen LogP contribution in [0.25, 0.3) is 5.57 Å². The molecule has 0 heterocycles. The first-order chi connectivity index (χ1) is 8.42. The normalized spacial score (nSPS) is 9.00. The second-order valence-electron chi connectivity index (χ2n) is 3.68. The Kier molecular flexibility index (Phi) is 3.78. The van der Waals surface area contributed by atoms with Gasteiger partial charge in [-0.15, -0.1) is 5.92 Å². The molecule has 0 radical (unpaired) electrons. The van der Waals surface area contributed by atoms with Gasteiger partial charge in [0.1, 0.15) is 0 Å². The third-order valence-electron chi connectivity index (χ3n) is 2.53. The van der Waals surface area contributed by atoms with E-state index in [0.717, 1.165) is 0 Å². The van der Waals surface area contributed by atoms with Gasteiger partial charge in [0.25, 0.3) is 0 Å². The number of hydrogen-bond donors (Lipinski definition) is 0. The lowest BCUT2D eigenvalue weighted by atomic mass is 9.98. The zero-order valence-electron chi connectivity index (χ0n) is 9.85. The van der Waals surface area contributed by atoms with E-state index in [4.69, 9.17) is 0 Å². The minimum absolute atomic E-state index is 1.17. The van der Waals surface area contributed by atoms with E-state index in [9.17, 15) is 0 Å². The van der Waals surface area contributed by atoms with Crippen molar-refractivity contribution in [1.82, 2.24) is 0 Å². The summed E-state index contributed by atoms with van der Waals surface area (Å²) in [7, 11) is 0. The summed E-state index contributed by atoms with van der Waals surface area (Å²) >= 11 is 0. The molecule has 2 rings (SSSR count). The topological polar surface area (TPSA) is 0 Å². The number of allylic oxidation sites excluding steroid dienone is 1. The molecule has 0 bridgehead atoms. The number of hydrogen-bond acceptors (Lipinski definition) is 0. The molecule has 0 aliphatic rings. The van der Waals surface area contributed by atoms with Gasteiger partial charge in [-0.3, -0.25) is 0 Å². The highest BCUT2D eigenvalue weighted by atomic mass is 14.1. The summed E-state index contributed by atoms with van der Waals surface area (Å²) in [4.78, 5) is 0. The summed E-state index contributed by atoms with van der Waals surface area (Å²) < 4.78 is 0. The molecule has 0 spiro atoms. The van der Waals surface area contributed by atoms with Gasteiger partial charge in [-0.05, 0) is 29.7 Å². The molecule has 82 valence electrons. The molecular formula is C17H14. The molecule has 0 atom stereocenters. The summed E-state index contributed by atoms with van der Waals surface area (Å²) in [5.74, 6) is 5.94. The monoisotopic (exact) mass is 218 g/mol. The Morgan fingerprint density at radius 2 is 1.29 bits per heavy atom. The van der Waals surface area contributed by atoms with Crippen molar-refractivity contribution in [2.45, 2.75) is 6.92 Å². The van der Waals surface area contributed by atoms with Gasteiger partial charge in [-0.2, -0.15) is 0 Å². The smallest absolute Gasteiger partial charge is 0.00235 e. The van der Waals surface area contributed by atoms with Crippen LogP contribution in [0.3, 0.4) is 0 Å². The average Bonchev–Trinajstić information content (AvgIpc) is 2.42. The quantitative estimate of drug-likeness (QED) is 0.664. The second kappa shape index (κ2) is 5.72. The van der Waals surface area contributed by atoms with Crippen molar-refractivity contribution in [3.05, 3.63) is 77.9 Å². The van der Waals surface area contributed by atoms with Gasteiger partial charge >= 0.3 is 0 Å². The largest absolute Gasteiger partial charge is 0.102 e. The van der Waals surface area contributed by atoms with E-state index in [0.29, 0.717) is 0 Å². The maximum Gasteiger partial charge on any atom is -0.00235 e. The second-order valence-corrected chi connectivity index (χ2v) is 3.68. The SMILES string of the molecule is CC#CC=C(c1ccccc1)c1ccccc1. The van der Waals surface area contributed by atoms with Crippen LogP contribution < -0.4 is 0 Å². The molecule has 0 saturated carbocycles. The zero-order chi connectivity index (χ0) is 11.9. The van der Waals surface area contributed by atoms with E-state index >= 15 is 0 Å². The van der Waals surface area contributed by atoms with Gasteiger partial charge in [-0.25, -0.2) is 0 Å². The summed E-state index contributed by atoms with van der Waals surface area (Å²) in [5, 5.41) is 0. The van der Waals surface area contributed by atoms with Gasteiger partial charge in [0, 0.05) is 0 Å². The van der Waals surface area contributed by atoms with E-state index in [2.05, 4.69) is 36.1 Å². The fourth-order valence-corrected chi connectivity index (χ4v) is 1.71. The Morgan fingerprint density at radius 3 is 1.71 bits per heavy atom. The van der Waals surface area contributed by atoms with E-state index < -0.39 is 0 Å². The predicted octanol–water partition coefficient (Wildman–Crippen LogP) is 4.14. The molecule has 0 heteroatoms. The maximum absolute atomic E-state index is 3.03. The molecule has 0 aromatic heterocycles. The summed E-state index contributed by atoms with van der Waals surface area (Å²) in [6.45, 7) is 1.85. The van der Waals surface area contributed by atoms with Crippen molar-refractivity contribution >= 4 is 5.57 Å². The number of benzene rings is 2. The van der Waals surface area contributed by atoms with E-state index in [-0.39, 0.29) is 0 Å². The fourth-order valence-electron chi connectivity index (χ4n) is 1.71. The van der Waals surface area contributed by atoms with Crippen molar-refractivity contribution < 1.29 is 0 Å². The van der Waals surface area contributed by atoms with Crippen LogP contribution in [0.4, 0.5) is 0 Å². The number of rotatable bonds is 2. The van der Waals surface area contributed by atoms with Gasteiger partial charge in [0.15, 0.2) is 0 Å². The molecule has 0 nitrogen and oxygen atoms in total. The van der Waals surface area contributed by atoms with E-state index in [1.807, 2.05) is 49.4 Å². The van der Waals surface area contributed by atoms with Crippen molar-refractivity contribution in [3.8, 4) is 11.8 Å². The van der Waals surface area contributed by atoms with Crippen LogP contribution in [0, 0.1) is 11.8 Å². The van der Waals surface area contributed by atoms with Gasteiger partial charge < -0.3 is 0 Å². The molecule has 0 saturated heterocycles. The molecule has 2 aromatic rings. The molecule has 0 aliphatic carbocycles. The van der Waals surface area contributed by atoms with Crippen LogP contribution in [0.1, 0.15) is 18.1 Å². The third-order valence-corrected chi connectivity index (χ3v) is 2.53. The van der Waals surface area contributed by atoms with Gasteiger partial charge in [0.05, 0.1) is 0 Å². The molecule has 0 N–H and O–H groups in total. The minimum Gasteiger partial charge on any atom is -0.102 e. The highest BCUT2D eigenvalue weighted by Gasteiger charge is 2.02. The van der Waals surface area contributed by atoms with Crippen molar-refractivity contribution in [2.75, 3.05) is 0 Å². The maximum atomic E-state index is 3.03. The van der Waals surface area contributed by atoms with Crippen LogP contribution >= 0.6 is 0 Å². The summed E-state index contributed by atoms with van der Waals surface area (Å²) in [5.41, 5.74) is 3.56. The van der Waals surface area contributed by atoms with Crippen LogP contribution in [0.2, 0.25) is 0 Å². The minimum atomic E-state index is 1.17. The lowest BCUT2D eigenvalue weighted by Gasteiger charge is -2.06. The highest BCUT2D eigenvalue weighted by molar-refractivity contribution is 5.81. The molecule has 0 amide bonds. The Bertz CT molecular complexity index is 510. The third kappa shape index (κ3) is 2.86. The Balaban J connectivity index is 2.50. The van der Waals surface area contributed by atoms with Crippen LogP contribution in [0.15, 0.2) is 66.7 Å². The molecular weight excluding hydrogens is 204 g/mol. The molecule has 0 unspecified atom stereocenters. The standard InChI is InChI=1S/C17H14/c1-2-3-14-17(15-10-6-4-7-11-15)16-12-8-5-9-13-16/h4-14H,1H3. The van der Waals surface area contributed by atoms with Gasteiger partial charge in [0.2, 0.25) is 0 Å². The fraction of sp³-hybridized carbons (Fsp3) is 0.0588. The summed E-state index contributed by atoms with van der Waals surface area (Å²) in [6.07, 6.45) is 1.98. The van der Waals surface area contributed by atoms with Crippen LogP contribution in [-0.2, 0) is 0 Å². The Hall–Kier alpha value is -2.26. The highest BCUT2D eigenvalue weighted by Crippen LogP contribution is 2.22. The lowest BCUT2D eigenvalue weighted by molar-refractivity contribution is 1.55. The first-order valence-electron chi connectivity index (χ1n) is 5.65.